The van der Waals surface area contributed by atoms with Crippen molar-refractivity contribution in [1.29, 1.82) is 0 Å². The number of amides is 3. The van der Waals surface area contributed by atoms with Gasteiger partial charge in [0, 0.05) is 11.9 Å². The van der Waals surface area contributed by atoms with Crippen molar-refractivity contribution in [3.63, 3.8) is 0 Å². The molecule has 100 valence electrons. The van der Waals surface area contributed by atoms with Crippen molar-refractivity contribution < 1.29 is 9.59 Å². The monoisotopic (exact) mass is 260 g/mol. The molecular weight excluding hydrogens is 244 g/mol. The highest BCUT2D eigenvalue weighted by Gasteiger charge is 2.52. The van der Waals surface area contributed by atoms with Crippen LogP contribution in [0.15, 0.2) is 18.3 Å². The third kappa shape index (κ3) is 1.93. The fourth-order valence-corrected chi connectivity index (χ4v) is 2.88. The molecule has 1 saturated carbocycles. The minimum Gasteiger partial charge on any atom is -0.399 e. The number of nitrogen functional groups attached to an aromatic ring is 1. The van der Waals surface area contributed by atoms with E-state index >= 15 is 0 Å². The second-order valence-corrected chi connectivity index (χ2v) is 5.19. The van der Waals surface area contributed by atoms with Gasteiger partial charge in [-0.1, -0.05) is 12.8 Å². The minimum atomic E-state index is -0.655. The molecular formula is C13H16N4O2. The topological polar surface area (TPSA) is 88.3 Å². The maximum atomic E-state index is 12.4. The van der Waals surface area contributed by atoms with Gasteiger partial charge in [0.2, 0.25) is 0 Å². The Morgan fingerprint density at radius 1 is 1.37 bits per heavy atom. The van der Waals surface area contributed by atoms with Gasteiger partial charge in [0.25, 0.3) is 5.91 Å². The Morgan fingerprint density at radius 3 is 2.79 bits per heavy atom. The first-order chi connectivity index (χ1) is 9.11. The van der Waals surface area contributed by atoms with E-state index in [2.05, 4.69) is 10.3 Å². The van der Waals surface area contributed by atoms with Gasteiger partial charge in [-0.3, -0.25) is 14.7 Å². The summed E-state index contributed by atoms with van der Waals surface area (Å²) in [5.74, 6) is -0.126. The van der Waals surface area contributed by atoms with Gasteiger partial charge in [-0.15, -0.1) is 0 Å². The Labute approximate surface area is 111 Å². The molecule has 1 spiro atoms. The summed E-state index contributed by atoms with van der Waals surface area (Å²) in [6.07, 6.45) is 5.01. The van der Waals surface area contributed by atoms with Gasteiger partial charge in [-0.05, 0) is 25.0 Å². The normalized spacial score (nSPS) is 21.2. The molecule has 6 heteroatoms. The second kappa shape index (κ2) is 4.22. The van der Waals surface area contributed by atoms with E-state index < -0.39 is 5.54 Å². The Balaban J connectivity index is 1.82. The number of imide groups is 1. The summed E-state index contributed by atoms with van der Waals surface area (Å²) in [5.41, 5.74) is 6.22. The van der Waals surface area contributed by atoms with Crippen molar-refractivity contribution in [1.82, 2.24) is 15.2 Å². The van der Waals surface area contributed by atoms with Crippen LogP contribution in [0.2, 0.25) is 0 Å². The van der Waals surface area contributed by atoms with Crippen LogP contribution in [0.4, 0.5) is 10.5 Å². The van der Waals surface area contributed by atoms with Gasteiger partial charge in [-0.25, -0.2) is 4.79 Å². The molecule has 2 aliphatic rings. The van der Waals surface area contributed by atoms with Crippen molar-refractivity contribution in [2.45, 2.75) is 37.8 Å². The third-order valence-electron chi connectivity index (χ3n) is 3.86. The lowest BCUT2D eigenvalue weighted by Gasteiger charge is -2.19. The molecule has 1 aromatic rings. The lowest BCUT2D eigenvalue weighted by Crippen LogP contribution is -2.44. The number of pyridine rings is 1. The highest BCUT2D eigenvalue weighted by atomic mass is 16.2. The lowest BCUT2D eigenvalue weighted by atomic mass is 9.98. The molecule has 0 unspecified atom stereocenters. The zero-order valence-electron chi connectivity index (χ0n) is 10.6. The number of nitrogens with two attached hydrogens (primary N) is 1. The number of rotatable bonds is 2. The van der Waals surface area contributed by atoms with Crippen molar-refractivity contribution in [3.05, 3.63) is 24.0 Å². The van der Waals surface area contributed by atoms with Crippen molar-refractivity contribution in [2.75, 3.05) is 5.73 Å². The smallest absolute Gasteiger partial charge is 0.325 e. The summed E-state index contributed by atoms with van der Waals surface area (Å²) in [5, 5.41) is 2.84. The first-order valence-corrected chi connectivity index (χ1v) is 6.45. The lowest BCUT2D eigenvalue weighted by molar-refractivity contribution is -0.131. The molecule has 3 amide bonds. The first kappa shape index (κ1) is 12.0. The molecule has 0 atom stereocenters. The van der Waals surface area contributed by atoms with E-state index in [1.54, 1.807) is 18.3 Å². The maximum Gasteiger partial charge on any atom is 0.325 e. The number of nitrogens with zero attached hydrogens (tertiary/aromatic N) is 2. The molecule has 6 nitrogen and oxygen atoms in total. The van der Waals surface area contributed by atoms with Crippen LogP contribution in [-0.4, -0.2) is 27.4 Å². The highest BCUT2D eigenvalue weighted by molar-refractivity contribution is 6.07. The van der Waals surface area contributed by atoms with Crippen LogP contribution in [0.3, 0.4) is 0 Å². The van der Waals surface area contributed by atoms with E-state index in [9.17, 15) is 9.59 Å². The number of carbonyl (C=O) groups excluding carboxylic acids is 2. The molecule has 3 rings (SSSR count). The van der Waals surface area contributed by atoms with Gasteiger partial charge in [0.15, 0.2) is 0 Å². The van der Waals surface area contributed by atoms with Crippen LogP contribution in [0.25, 0.3) is 0 Å². The minimum absolute atomic E-state index is 0.126. The molecule has 0 aromatic carbocycles. The molecule has 2 heterocycles. The first-order valence-electron chi connectivity index (χ1n) is 6.45. The van der Waals surface area contributed by atoms with Crippen molar-refractivity contribution >= 4 is 17.6 Å². The second-order valence-electron chi connectivity index (χ2n) is 5.19. The molecule has 0 radical (unpaired) electrons. The summed E-state index contributed by atoms with van der Waals surface area (Å²) in [6.45, 7) is 0.178. The van der Waals surface area contributed by atoms with Crippen LogP contribution in [0, 0.1) is 0 Å². The van der Waals surface area contributed by atoms with E-state index in [1.807, 2.05) is 0 Å². The fourth-order valence-electron chi connectivity index (χ4n) is 2.88. The summed E-state index contributed by atoms with van der Waals surface area (Å²) >= 11 is 0. The number of nitrogens with one attached hydrogen (secondary N) is 1. The molecule has 1 aliphatic carbocycles. The maximum absolute atomic E-state index is 12.4. The fraction of sp³-hybridized carbons (Fsp3) is 0.462. The molecule has 1 saturated heterocycles. The molecule has 3 N–H and O–H groups in total. The van der Waals surface area contributed by atoms with Gasteiger partial charge >= 0.3 is 6.03 Å². The standard InChI is InChI=1S/C13H16N4O2/c14-9-3-6-15-10(7-9)8-17-11(18)13(16-12(17)19)4-1-2-5-13/h3,6-7H,1-2,4-5,8H2,(H2,14,15)(H,16,19). The zero-order chi connectivity index (χ0) is 13.5. The molecule has 1 aromatic heterocycles. The zero-order valence-corrected chi connectivity index (χ0v) is 10.6. The summed E-state index contributed by atoms with van der Waals surface area (Å²) in [7, 11) is 0. The van der Waals surface area contributed by atoms with E-state index in [0.717, 1.165) is 25.7 Å². The molecule has 2 fully saturated rings. The SMILES string of the molecule is Nc1ccnc(CN2C(=O)NC3(CCCC3)C2=O)c1. The number of hydrogen-bond donors (Lipinski definition) is 2. The van der Waals surface area contributed by atoms with Crippen LogP contribution in [0.1, 0.15) is 31.4 Å². The quantitative estimate of drug-likeness (QED) is 0.777. The van der Waals surface area contributed by atoms with E-state index in [0.29, 0.717) is 11.4 Å². The predicted molar refractivity (Wildman–Crippen MR) is 68.9 cm³/mol. The Hall–Kier alpha value is -2.11. The van der Waals surface area contributed by atoms with Crippen molar-refractivity contribution in [3.8, 4) is 0 Å². The van der Waals surface area contributed by atoms with E-state index in [-0.39, 0.29) is 18.5 Å². The number of aromatic nitrogens is 1. The van der Waals surface area contributed by atoms with E-state index in [1.165, 1.54) is 4.90 Å². The van der Waals surface area contributed by atoms with Crippen LogP contribution in [0.5, 0.6) is 0 Å². The van der Waals surface area contributed by atoms with Gasteiger partial charge in [0.1, 0.15) is 5.54 Å². The Morgan fingerprint density at radius 2 is 2.11 bits per heavy atom. The summed E-state index contributed by atoms with van der Waals surface area (Å²) < 4.78 is 0. The van der Waals surface area contributed by atoms with E-state index in [4.69, 9.17) is 5.73 Å². The van der Waals surface area contributed by atoms with Crippen molar-refractivity contribution in [2.24, 2.45) is 0 Å². The van der Waals surface area contributed by atoms with Gasteiger partial charge in [-0.2, -0.15) is 0 Å². The average Bonchev–Trinajstić information content (AvgIpc) is 2.92. The highest BCUT2D eigenvalue weighted by Crippen LogP contribution is 2.35. The average molecular weight is 260 g/mol. The van der Waals surface area contributed by atoms with Gasteiger partial charge in [0.05, 0.1) is 12.2 Å². The third-order valence-corrected chi connectivity index (χ3v) is 3.86. The Kier molecular flexibility index (Phi) is 2.66. The van der Waals surface area contributed by atoms with Crippen LogP contribution < -0.4 is 11.1 Å². The molecule has 19 heavy (non-hydrogen) atoms. The number of anilines is 1. The molecule has 1 aliphatic heterocycles. The van der Waals surface area contributed by atoms with Gasteiger partial charge < -0.3 is 11.1 Å². The number of hydrogen-bond acceptors (Lipinski definition) is 4. The number of urea groups is 1. The molecule has 0 bridgehead atoms. The Bertz CT molecular complexity index is 537. The summed E-state index contributed by atoms with van der Waals surface area (Å²) in [6, 6.07) is 3.03. The van der Waals surface area contributed by atoms with Crippen LogP contribution >= 0.6 is 0 Å². The summed E-state index contributed by atoms with van der Waals surface area (Å²) in [4.78, 5) is 29.8. The predicted octanol–water partition coefficient (Wildman–Crippen LogP) is 1.03. The van der Waals surface area contributed by atoms with Crippen LogP contribution in [-0.2, 0) is 11.3 Å². The number of carbonyl (C=O) groups is 2. The largest absolute Gasteiger partial charge is 0.399 e.